The van der Waals surface area contributed by atoms with Crippen molar-refractivity contribution in [1.29, 1.82) is 0 Å². The summed E-state index contributed by atoms with van der Waals surface area (Å²) in [6.45, 7) is 3.56. The number of anilines is 1. The summed E-state index contributed by atoms with van der Waals surface area (Å²) in [5, 5.41) is 2.85. The largest absolute Gasteiger partial charge is 0.326 e. The molecule has 2 aromatic carbocycles. The molecular weight excluding hydrogens is 234 g/mol. The summed E-state index contributed by atoms with van der Waals surface area (Å²) < 4.78 is 0. The Morgan fingerprint density at radius 2 is 1.79 bits per heavy atom. The van der Waals surface area contributed by atoms with E-state index in [-0.39, 0.29) is 5.91 Å². The number of amides is 1. The molecule has 96 valence electrons. The second-order valence-corrected chi connectivity index (χ2v) is 4.52. The fourth-order valence-electron chi connectivity index (χ4n) is 1.87. The van der Waals surface area contributed by atoms with Crippen LogP contribution in [0.15, 0.2) is 48.5 Å². The molecule has 0 radical (unpaired) electrons. The number of carbonyl (C=O) groups is 1. The molecule has 2 aromatic rings. The number of rotatable bonds is 3. The van der Waals surface area contributed by atoms with Gasteiger partial charge in [0.25, 0.3) is 0 Å². The molecule has 0 heterocycles. The maximum Gasteiger partial charge on any atom is 0.221 e. The summed E-state index contributed by atoms with van der Waals surface area (Å²) in [6.07, 6.45) is 4.06. The topological polar surface area (TPSA) is 29.1 Å². The van der Waals surface area contributed by atoms with Crippen LogP contribution in [0.5, 0.6) is 0 Å². The third-order valence-electron chi connectivity index (χ3n) is 2.77. The number of nitrogens with one attached hydrogen (secondary N) is 1. The Balaban J connectivity index is 2.30. The molecule has 0 fully saturated rings. The van der Waals surface area contributed by atoms with Gasteiger partial charge in [-0.05, 0) is 30.2 Å². The van der Waals surface area contributed by atoms with Crippen LogP contribution in [0.1, 0.15) is 23.6 Å². The zero-order valence-corrected chi connectivity index (χ0v) is 11.2. The minimum Gasteiger partial charge on any atom is -0.326 e. The highest BCUT2D eigenvalue weighted by atomic mass is 16.1. The van der Waals surface area contributed by atoms with Crippen molar-refractivity contribution in [3.05, 3.63) is 65.2 Å². The quantitative estimate of drug-likeness (QED) is 0.817. The van der Waals surface area contributed by atoms with Gasteiger partial charge in [0.15, 0.2) is 0 Å². The van der Waals surface area contributed by atoms with Gasteiger partial charge in [-0.15, -0.1) is 0 Å². The molecule has 2 heteroatoms. The van der Waals surface area contributed by atoms with Gasteiger partial charge in [0.2, 0.25) is 5.91 Å². The van der Waals surface area contributed by atoms with Crippen molar-refractivity contribution < 1.29 is 4.79 Å². The van der Waals surface area contributed by atoms with Gasteiger partial charge in [-0.1, -0.05) is 54.1 Å². The van der Waals surface area contributed by atoms with Gasteiger partial charge in [-0.25, -0.2) is 0 Å². The van der Waals surface area contributed by atoms with E-state index in [1.807, 2.05) is 61.5 Å². The molecule has 0 unspecified atom stereocenters. The molecule has 0 aliphatic rings. The van der Waals surface area contributed by atoms with E-state index in [9.17, 15) is 4.79 Å². The first-order chi connectivity index (χ1) is 9.15. The van der Waals surface area contributed by atoms with Crippen LogP contribution < -0.4 is 5.32 Å². The number of hydrogen-bond donors (Lipinski definition) is 1. The molecule has 0 aromatic heterocycles. The lowest BCUT2D eigenvalue weighted by Crippen LogP contribution is -2.07. The fraction of sp³-hybridized carbons (Fsp3) is 0.118. The highest BCUT2D eigenvalue weighted by Gasteiger charge is 2.01. The Labute approximate surface area is 113 Å². The van der Waals surface area contributed by atoms with Gasteiger partial charge < -0.3 is 5.32 Å². The average Bonchev–Trinajstić information content (AvgIpc) is 2.40. The van der Waals surface area contributed by atoms with Gasteiger partial charge in [-0.2, -0.15) is 0 Å². The minimum absolute atomic E-state index is 0.0572. The van der Waals surface area contributed by atoms with Crippen molar-refractivity contribution in [2.45, 2.75) is 13.8 Å². The highest BCUT2D eigenvalue weighted by Crippen LogP contribution is 2.20. The van der Waals surface area contributed by atoms with Crippen LogP contribution in [0, 0.1) is 6.92 Å². The minimum atomic E-state index is -0.0572. The molecule has 0 atom stereocenters. The molecular formula is C17H17NO. The fourth-order valence-corrected chi connectivity index (χ4v) is 1.87. The number of aryl methyl sites for hydroxylation is 1. The van der Waals surface area contributed by atoms with Gasteiger partial charge in [0, 0.05) is 12.6 Å². The first-order valence-corrected chi connectivity index (χ1v) is 6.26. The lowest BCUT2D eigenvalue weighted by molar-refractivity contribution is -0.114. The second kappa shape index (κ2) is 6.01. The van der Waals surface area contributed by atoms with Gasteiger partial charge in [0.1, 0.15) is 0 Å². The first-order valence-electron chi connectivity index (χ1n) is 6.26. The number of carbonyl (C=O) groups excluding carboxylic acids is 1. The van der Waals surface area contributed by atoms with Gasteiger partial charge in [-0.3, -0.25) is 4.79 Å². The molecule has 0 spiro atoms. The standard InChI is InChI=1S/C17H17NO/c1-13-8-11-17(18-14(2)19)16(12-13)10-9-15-6-4-3-5-7-15/h3-12H,1-2H3,(H,18,19)/b10-9+. The van der Waals surface area contributed by atoms with Crippen molar-refractivity contribution in [2.75, 3.05) is 5.32 Å². The van der Waals surface area contributed by atoms with Crippen molar-refractivity contribution in [1.82, 2.24) is 0 Å². The summed E-state index contributed by atoms with van der Waals surface area (Å²) in [5.41, 5.74) is 4.16. The summed E-state index contributed by atoms with van der Waals surface area (Å²) in [5.74, 6) is -0.0572. The normalized spacial score (nSPS) is 10.6. The lowest BCUT2D eigenvalue weighted by Gasteiger charge is -2.07. The molecule has 2 rings (SSSR count). The van der Waals surface area contributed by atoms with E-state index in [0.29, 0.717) is 0 Å². The van der Waals surface area contributed by atoms with Crippen LogP contribution in [-0.4, -0.2) is 5.91 Å². The van der Waals surface area contributed by atoms with E-state index in [4.69, 9.17) is 0 Å². The van der Waals surface area contributed by atoms with E-state index < -0.39 is 0 Å². The van der Waals surface area contributed by atoms with Gasteiger partial charge >= 0.3 is 0 Å². The zero-order valence-electron chi connectivity index (χ0n) is 11.2. The smallest absolute Gasteiger partial charge is 0.221 e. The summed E-state index contributed by atoms with van der Waals surface area (Å²) in [6, 6.07) is 16.1. The zero-order chi connectivity index (χ0) is 13.7. The van der Waals surface area contributed by atoms with Crippen LogP contribution in [-0.2, 0) is 4.79 Å². The van der Waals surface area contributed by atoms with Crippen LogP contribution >= 0.6 is 0 Å². The lowest BCUT2D eigenvalue weighted by atomic mass is 10.1. The number of benzene rings is 2. The van der Waals surface area contributed by atoms with E-state index in [1.165, 1.54) is 12.5 Å². The third-order valence-corrected chi connectivity index (χ3v) is 2.77. The molecule has 1 N–H and O–H groups in total. The SMILES string of the molecule is CC(=O)Nc1ccc(C)cc1/C=C/c1ccccc1. The Morgan fingerprint density at radius 3 is 2.47 bits per heavy atom. The van der Waals surface area contributed by atoms with E-state index in [1.54, 1.807) is 0 Å². The third kappa shape index (κ3) is 3.81. The van der Waals surface area contributed by atoms with Gasteiger partial charge in [0.05, 0.1) is 0 Å². The van der Waals surface area contributed by atoms with E-state index in [0.717, 1.165) is 16.8 Å². The summed E-state index contributed by atoms with van der Waals surface area (Å²) >= 11 is 0. The predicted molar refractivity (Wildman–Crippen MR) is 80.9 cm³/mol. The van der Waals surface area contributed by atoms with Crippen LogP contribution in [0.3, 0.4) is 0 Å². The van der Waals surface area contributed by atoms with Crippen LogP contribution in [0.25, 0.3) is 12.2 Å². The van der Waals surface area contributed by atoms with E-state index >= 15 is 0 Å². The summed E-state index contributed by atoms with van der Waals surface area (Å²) in [4.78, 5) is 11.2. The van der Waals surface area contributed by atoms with E-state index in [2.05, 4.69) is 11.4 Å². The highest BCUT2D eigenvalue weighted by molar-refractivity contribution is 5.92. The van der Waals surface area contributed by atoms with Crippen molar-refractivity contribution >= 4 is 23.7 Å². The molecule has 0 saturated heterocycles. The predicted octanol–water partition coefficient (Wildman–Crippen LogP) is 4.12. The molecule has 2 nitrogen and oxygen atoms in total. The Hall–Kier alpha value is -2.35. The second-order valence-electron chi connectivity index (χ2n) is 4.52. The summed E-state index contributed by atoms with van der Waals surface area (Å²) in [7, 11) is 0. The first kappa shape index (κ1) is 13.1. The monoisotopic (exact) mass is 251 g/mol. The molecule has 1 amide bonds. The molecule has 0 saturated carbocycles. The van der Waals surface area contributed by atoms with Crippen LogP contribution in [0.4, 0.5) is 5.69 Å². The maximum absolute atomic E-state index is 11.2. The molecule has 0 aliphatic carbocycles. The molecule has 19 heavy (non-hydrogen) atoms. The Morgan fingerprint density at radius 1 is 1.05 bits per heavy atom. The molecule has 0 aliphatic heterocycles. The van der Waals surface area contributed by atoms with Crippen molar-refractivity contribution in [3.63, 3.8) is 0 Å². The van der Waals surface area contributed by atoms with Crippen molar-refractivity contribution in [2.24, 2.45) is 0 Å². The van der Waals surface area contributed by atoms with Crippen LogP contribution in [0.2, 0.25) is 0 Å². The average molecular weight is 251 g/mol. The Kier molecular flexibility index (Phi) is 4.14. The Bertz CT molecular complexity index is 600. The maximum atomic E-state index is 11.2. The number of hydrogen-bond acceptors (Lipinski definition) is 1. The van der Waals surface area contributed by atoms with Crippen molar-refractivity contribution in [3.8, 4) is 0 Å². The molecule has 0 bridgehead atoms.